The van der Waals surface area contributed by atoms with Crippen LogP contribution in [0.4, 0.5) is 0 Å². The standard InChI is InChI=1S/C17H24ClNO3/c1-3-5-6-12-19(13-11-16(20)22-4-2)17(21)14-7-9-15(18)10-8-14/h7-10H,3-6,11-13H2,1-2H3. The molecule has 0 aliphatic carbocycles. The number of rotatable bonds is 9. The van der Waals surface area contributed by atoms with Crippen LogP contribution in [0.2, 0.25) is 5.02 Å². The van der Waals surface area contributed by atoms with Crippen molar-refractivity contribution in [1.82, 2.24) is 4.90 Å². The van der Waals surface area contributed by atoms with Gasteiger partial charge in [0.15, 0.2) is 0 Å². The van der Waals surface area contributed by atoms with E-state index in [4.69, 9.17) is 16.3 Å². The Morgan fingerprint density at radius 1 is 1.09 bits per heavy atom. The lowest BCUT2D eigenvalue weighted by Gasteiger charge is -2.22. The molecule has 0 saturated heterocycles. The van der Waals surface area contributed by atoms with Gasteiger partial charge in [-0.2, -0.15) is 0 Å². The molecule has 0 bridgehead atoms. The number of halogens is 1. The Hall–Kier alpha value is -1.55. The second kappa shape index (κ2) is 10.2. The number of amides is 1. The smallest absolute Gasteiger partial charge is 0.307 e. The summed E-state index contributed by atoms with van der Waals surface area (Å²) >= 11 is 5.85. The van der Waals surface area contributed by atoms with Crippen molar-refractivity contribution in [2.45, 2.75) is 39.5 Å². The number of unbranched alkanes of at least 4 members (excludes halogenated alkanes) is 2. The van der Waals surface area contributed by atoms with Gasteiger partial charge in [-0.15, -0.1) is 0 Å². The number of hydrogen-bond acceptors (Lipinski definition) is 3. The van der Waals surface area contributed by atoms with Crippen LogP contribution in [0.5, 0.6) is 0 Å². The molecule has 0 fully saturated rings. The van der Waals surface area contributed by atoms with Gasteiger partial charge in [0.2, 0.25) is 0 Å². The van der Waals surface area contributed by atoms with Gasteiger partial charge < -0.3 is 9.64 Å². The Morgan fingerprint density at radius 2 is 1.77 bits per heavy atom. The van der Waals surface area contributed by atoms with Crippen molar-refractivity contribution in [3.8, 4) is 0 Å². The van der Waals surface area contributed by atoms with Crippen molar-refractivity contribution in [3.63, 3.8) is 0 Å². The Morgan fingerprint density at radius 3 is 2.36 bits per heavy atom. The number of benzene rings is 1. The fraction of sp³-hybridized carbons (Fsp3) is 0.529. The topological polar surface area (TPSA) is 46.6 Å². The first kappa shape index (κ1) is 18.5. The fourth-order valence-corrected chi connectivity index (χ4v) is 2.23. The fourth-order valence-electron chi connectivity index (χ4n) is 2.10. The molecule has 0 aromatic heterocycles. The molecular weight excluding hydrogens is 302 g/mol. The molecule has 0 saturated carbocycles. The van der Waals surface area contributed by atoms with Crippen molar-refractivity contribution >= 4 is 23.5 Å². The zero-order valence-corrected chi connectivity index (χ0v) is 14.1. The van der Waals surface area contributed by atoms with Crippen molar-refractivity contribution in [2.24, 2.45) is 0 Å². The molecule has 1 rings (SSSR count). The van der Waals surface area contributed by atoms with E-state index in [0.29, 0.717) is 30.3 Å². The van der Waals surface area contributed by atoms with Crippen molar-refractivity contribution in [3.05, 3.63) is 34.9 Å². The van der Waals surface area contributed by atoms with Gasteiger partial charge in [0, 0.05) is 23.7 Å². The first-order valence-electron chi connectivity index (χ1n) is 7.79. The molecule has 4 nitrogen and oxygen atoms in total. The van der Waals surface area contributed by atoms with Gasteiger partial charge in [-0.1, -0.05) is 31.4 Å². The summed E-state index contributed by atoms with van der Waals surface area (Å²) in [5.41, 5.74) is 0.588. The van der Waals surface area contributed by atoms with Gasteiger partial charge in [0.05, 0.1) is 13.0 Å². The van der Waals surface area contributed by atoms with Gasteiger partial charge in [0.25, 0.3) is 5.91 Å². The largest absolute Gasteiger partial charge is 0.466 e. The number of carbonyl (C=O) groups excluding carboxylic acids is 2. The van der Waals surface area contributed by atoms with E-state index in [-0.39, 0.29) is 18.3 Å². The summed E-state index contributed by atoms with van der Waals surface area (Å²) in [6, 6.07) is 6.82. The second-order valence-electron chi connectivity index (χ2n) is 5.06. The van der Waals surface area contributed by atoms with Crippen LogP contribution in [0, 0.1) is 0 Å². The summed E-state index contributed by atoms with van der Waals surface area (Å²) < 4.78 is 4.92. The molecule has 0 N–H and O–H groups in total. The molecule has 0 heterocycles. The minimum absolute atomic E-state index is 0.0722. The van der Waals surface area contributed by atoms with Crippen LogP contribution in [0.1, 0.15) is 49.9 Å². The lowest BCUT2D eigenvalue weighted by atomic mass is 10.1. The van der Waals surface area contributed by atoms with Gasteiger partial charge in [-0.25, -0.2) is 0 Å². The predicted octanol–water partition coefficient (Wildman–Crippen LogP) is 3.93. The summed E-state index contributed by atoms with van der Waals surface area (Å²) in [4.78, 5) is 25.8. The van der Waals surface area contributed by atoms with Gasteiger partial charge >= 0.3 is 5.97 Å². The van der Waals surface area contributed by atoms with E-state index >= 15 is 0 Å². The summed E-state index contributed by atoms with van der Waals surface area (Å²) in [7, 11) is 0. The third-order valence-corrected chi connectivity index (χ3v) is 3.55. The minimum atomic E-state index is -0.271. The SMILES string of the molecule is CCCCCN(CCC(=O)OCC)C(=O)c1ccc(Cl)cc1. The maximum Gasteiger partial charge on any atom is 0.307 e. The molecule has 0 aliphatic heterocycles. The Labute approximate surface area is 137 Å². The third-order valence-electron chi connectivity index (χ3n) is 3.30. The first-order valence-corrected chi connectivity index (χ1v) is 8.16. The van der Waals surface area contributed by atoms with Crippen LogP contribution in [0.15, 0.2) is 24.3 Å². The number of nitrogens with zero attached hydrogens (tertiary/aromatic N) is 1. The van der Waals surface area contributed by atoms with Crippen molar-refractivity contribution < 1.29 is 14.3 Å². The van der Waals surface area contributed by atoms with Crippen LogP contribution >= 0.6 is 11.6 Å². The summed E-state index contributed by atoms with van der Waals surface area (Å²) in [6.45, 7) is 5.28. The molecule has 5 heteroatoms. The quantitative estimate of drug-likeness (QED) is 0.510. The number of hydrogen-bond donors (Lipinski definition) is 0. The van der Waals surface area contributed by atoms with E-state index in [0.717, 1.165) is 19.3 Å². The molecule has 0 spiro atoms. The molecule has 0 unspecified atom stereocenters. The molecule has 0 atom stereocenters. The highest BCUT2D eigenvalue weighted by molar-refractivity contribution is 6.30. The van der Waals surface area contributed by atoms with Gasteiger partial charge in [0.1, 0.15) is 0 Å². The molecule has 1 aromatic rings. The van der Waals surface area contributed by atoms with E-state index < -0.39 is 0 Å². The lowest BCUT2D eigenvalue weighted by molar-refractivity contribution is -0.143. The van der Waals surface area contributed by atoms with E-state index in [1.54, 1.807) is 36.1 Å². The minimum Gasteiger partial charge on any atom is -0.466 e. The summed E-state index contributed by atoms with van der Waals surface area (Å²) in [5.74, 6) is -0.344. The second-order valence-corrected chi connectivity index (χ2v) is 5.50. The zero-order chi connectivity index (χ0) is 16.4. The normalized spacial score (nSPS) is 10.3. The average molecular weight is 326 g/mol. The summed E-state index contributed by atoms with van der Waals surface area (Å²) in [5, 5.41) is 0.598. The number of esters is 1. The molecule has 122 valence electrons. The molecule has 22 heavy (non-hydrogen) atoms. The average Bonchev–Trinajstić information content (AvgIpc) is 2.51. The molecular formula is C17H24ClNO3. The highest BCUT2D eigenvalue weighted by atomic mass is 35.5. The monoisotopic (exact) mass is 325 g/mol. The molecule has 1 amide bonds. The number of carbonyl (C=O) groups is 2. The summed E-state index contributed by atoms with van der Waals surface area (Å²) in [6.07, 6.45) is 3.29. The van der Waals surface area contributed by atoms with E-state index in [1.165, 1.54) is 0 Å². The Balaban J connectivity index is 2.68. The van der Waals surface area contributed by atoms with Crippen LogP contribution in [0.25, 0.3) is 0 Å². The highest BCUT2D eigenvalue weighted by Crippen LogP contribution is 2.13. The van der Waals surface area contributed by atoms with Crippen LogP contribution in [-0.2, 0) is 9.53 Å². The lowest BCUT2D eigenvalue weighted by Crippen LogP contribution is -2.34. The van der Waals surface area contributed by atoms with Crippen LogP contribution < -0.4 is 0 Å². The van der Waals surface area contributed by atoms with Crippen LogP contribution in [-0.4, -0.2) is 36.5 Å². The Bertz CT molecular complexity index is 473. The van der Waals surface area contributed by atoms with E-state index in [9.17, 15) is 9.59 Å². The maximum atomic E-state index is 12.6. The highest BCUT2D eigenvalue weighted by Gasteiger charge is 2.17. The maximum absolute atomic E-state index is 12.6. The van der Waals surface area contributed by atoms with Gasteiger partial charge in [-0.3, -0.25) is 9.59 Å². The number of ether oxygens (including phenoxy) is 1. The van der Waals surface area contributed by atoms with Crippen molar-refractivity contribution in [1.29, 1.82) is 0 Å². The zero-order valence-electron chi connectivity index (χ0n) is 13.3. The molecule has 1 aromatic carbocycles. The van der Waals surface area contributed by atoms with Gasteiger partial charge in [-0.05, 0) is 37.6 Å². The van der Waals surface area contributed by atoms with Crippen molar-refractivity contribution in [2.75, 3.05) is 19.7 Å². The van der Waals surface area contributed by atoms with Crippen LogP contribution in [0.3, 0.4) is 0 Å². The van der Waals surface area contributed by atoms with E-state index in [2.05, 4.69) is 6.92 Å². The molecule has 0 aliphatic rings. The first-order chi connectivity index (χ1) is 10.6. The Kier molecular flexibility index (Phi) is 8.60. The predicted molar refractivity (Wildman–Crippen MR) is 88.1 cm³/mol. The van der Waals surface area contributed by atoms with E-state index in [1.807, 2.05) is 0 Å². The molecule has 0 radical (unpaired) electrons. The third kappa shape index (κ3) is 6.48.